The maximum Gasteiger partial charge on any atom is 0.119 e. The molecular weight excluding hydrogens is 266 g/mol. The summed E-state index contributed by atoms with van der Waals surface area (Å²) in [7, 11) is 0. The minimum atomic E-state index is 0.401. The predicted octanol–water partition coefficient (Wildman–Crippen LogP) is 3.80. The van der Waals surface area contributed by atoms with Crippen molar-refractivity contribution in [2.75, 3.05) is 11.5 Å². The summed E-state index contributed by atoms with van der Waals surface area (Å²) in [5, 5.41) is 0. The number of hydrogen-bond donors (Lipinski definition) is 0. The number of aliphatic imine (C=N–C) groups is 1. The van der Waals surface area contributed by atoms with Gasteiger partial charge in [-0.3, -0.25) is 4.99 Å². The van der Waals surface area contributed by atoms with Gasteiger partial charge in [0.05, 0.1) is 6.54 Å². The standard InChI is InChI=1S/C17H17NOS/c1-2-4-14(5-3-1)10-18-11-15-6-8-16(9-7-15)19-17-12-20-13-17/h1-9,11,17H,10,12-13H2. The average Bonchev–Trinajstić information content (AvgIpc) is 2.46. The lowest BCUT2D eigenvalue weighted by Gasteiger charge is -2.25. The number of rotatable bonds is 5. The summed E-state index contributed by atoms with van der Waals surface area (Å²) in [5.41, 5.74) is 2.34. The van der Waals surface area contributed by atoms with Crippen molar-refractivity contribution in [2.45, 2.75) is 12.6 Å². The quantitative estimate of drug-likeness (QED) is 0.778. The molecule has 1 aliphatic rings. The van der Waals surface area contributed by atoms with Gasteiger partial charge in [-0.2, -0.15) is 11.8 Å². The van der Waals surface area contributed by atoms with Gasteiger partial charge in [0.2, 0.25) is 0 Å². The molecule has 2 aromatic carbocycles. The van der Waals surface area contributed by atoms with Crippen LogP contribution >= 0.6 is 11.8 Å². The van der Waals surface area contributed by atoms with E-state index in [1.54, 1.807) is 0 Å². The highest BCUT2D eigenvalue weighted by Gasteiger charge is 2.19. The van der Waals surface area contributed by atoms with Gasteiger partial charge < -0.3 is 4.74 Å². The first-order valence-electron chi connectivity index (χ1n) is 6.78. The third-order valence-electron chi connectivity index (χ3n) is 3.15. The van der Waals surface area contributed by atoms with Crippen LogP contribution in [0.2, 0.25) is 0 Å². The number of hydrogen-bond acceptors (Lipinski definition) is 3. The fourth-order valence-corrected chi connectivity index (χ4v) is 2.51. The average molecular weight is 283 g/mol. The van der Waals surface area contributed by atoms with Crippen molar-refractivity contribution in [1.82, 2.24) is 0 Å². The topological polar surface area (TPSA) is 21.6 Å². The monoisotopic (exact) mass is 283 g/mol. The van der Waals surface area contributed by atoms with Crippen molar-refractivity contribution < 1.29 is 4.74 Å². The molecule has 0 spiro atoms. The lowest BCUT2D eigenvalue weighted by atomic mass is 10.2. The first kappa shape index (κ1) is 13.3. The molecule has 0 atom stereocenters. The number of nitrogens with zero attached hydrogens (tertiary/aromatic N) is 1. The van der Waals surface area contributed by atoms with Crippen LogP contribution in [0.4, 0.5) is 0 Å². The Bertz CT molecular complexity index is 561. The Labute approximate surface area is 123 Å². The van der Waals surface area contributed by atoms with E-state index in [4.69, 9.17) is 4.74 Å². The second-order valence-corrected chi connectivity index (χ2v) is 5.88. The number of ether oxygens (including phenoxy) is 1. The van der Waals surface area contributed by atoms with Gasteiger partial charge in [-0.1, -0.05) is 30.3 Å². The van der Waals surface area contributed by atoms with Crippen LogP contribution in [0.1, 0.15) is 11.1 Å². The Kier molecular flexibility index (Phi) is 4.38. The van der Waals surface area contributed by atoms with Crippen LogP contribution in [0.15, 0.2) is 59.6 Å². The van der Waals surface area contributed by atoms with Gasteiger partial charge in [0.1, 0.15) is 11.9 Å². The summed E-state index contributed by atoms with van der Waals surface area (Å²) >= 11 is 1.93. The summed E-state index contributed by atoms with van der Waals surface area (Å²) in [6.45, 7) is 0.721. The molecule has 0 amide bonds. The van der Waals surface area contributed by atoms with Crippen molar-refractivity contribution in [3.05, 3.63) is 65.7 Å². The molecule has 1 fully saturated rings. The van der Waals surface area contributed by atoms with Crippen molar-refractivity contribution in [2.24, 2.45) is 4.99 Å². The molecule has 0 aromatic heterocycles. The van der Waals surface area contributed by atoms with Crippen LogP contribution in [-0.2, 0) is 6.54 Å². The Morgan fingerprint density at radius 2 is 1.80 bits per heavy atom. The molecule has 1 aliphatic heterocycles. The van der Waals surface area contributed by atoms with E-state index in [0.29, 0.717) is 6.10 Å². The highest BCUT2D eigenvalue weighted by Crippen LogP contribution is 2.23. The summed E-state index contributed by atoms with van der Waals surface area (Å²) in [6, 6.07) is 18.4. The zero-order valence-electron chi connectivity index (χ0n) is 11.2. The molecule has 102 valence electrons. The third-order valence-corrected chi connectivity index (χ3v) is 4.36. The third kappa shape index (κ3) is 3.64. The Morgan fingerprint density at radius 1 is 1.05 bits per heavy atom. The lowest BCUT2D eigenvalue weighted by Crippen LogP contribution is -2.30. The molecule has 0 N–H and O–H groups in total. The molecule has 2 nitrogen and oxygen atoms in total. The Balaban J connectivity index is 1.54. The second kappa shape index (κ2) is 6.62. The van der Waals surface area contributed by atoms with E-state index in [9.17, 15) is 0 Å². The molecule has 0 radical (unpaired) electrons. The van der Waals surface area contributed by atoms with Gasteiger partial charge >= 0.3 is 0 Å². The maximum absolute atomic E-state index is 5.81. The van der Waals surface area contributed by atoms with Crippen LogP contribution in [-0.4, -0.2) is 23.8 Å². The van der Waals surface area contributed by atoms with Gasteiger partial charge in [0.15, 0.2) is 0 Å². The SMILES string of the molecule is C(=NCc1ccccc1)c1ccc(OC2CSC2)cc1. The van der Waals surface area contributed by atoms with E-state index < -0.39 is 0 Å². The summed E-state index contributed by atoms with van der Waals surface area (Å²) < 4.78 is 5.81. The molecule has 0 bridgehead atoms. The normalized spacial score (nSPS) is 15.2. The fourth-order valence-electron chi connectivity index (χ4n) is 1.95. The molecule has 1 heterocycles. The summed E-state index contributed by atoms with van der Waals surface area (Å²) in [4.78, 5) is 4.46. The van der Waals surface area contributed by atoms with Gasteiger partial charge in [-0.25, -0.2) is 0 Å². The van der Waals surface area contributed by atoms with Gasteiger partial charge in [0, 0.05) is 17.7 Å². The minimum absolute atomic E-state index is 0.401. The first-order valence-corrected chi connectivity index (χ1v) is 7.94. The maximum atomic E-state index is 5.81. The molecule has 1 saturated heterocycles. The smallest absolute Gasteiger partial charge is 0.119 e. The van der Waals surface area contributed by atoms with Crippen molar-refractivity contribution in [3.8, 4) is 5.75 Å². The van der Waals surface area contributed by atoms with E-state index in [0.717, 1.165) is 29.4 Å². The molecule has 0 saturated carbocycles. The van der Waals surface area contributed by atoms with Crippen LogP contribution in [0.25, 0.3) is 0 Å². The summed E-state index contributed by atoms with van der Waals surface area (Å²) in [6.07, 6.45) is 2.31. The fraction of sp³-hybridized carbons (Fsp3) is 0.235. The van der Waals surface area contributed by atoms with Crippen molar-refractivity contribution >= 4 is 18.0 Å². The van der Waals surface area contributed by atoms with Crippen molar-refractivity contribution in [3.63, 3.8) is 0 Å². The predicted molar refractivity (Wildman–Crippen MR) is 85.9 cm³/mol. The highest BCUT2D eigenvalue weighted by atomic mass is 32.2. The Hall–Kier alpha value is -1.74. The van der Waals surface area contributed by atoms with E-state index in [2.05, 4.69) is 29.3 Å². The van der Waals surface area contributed by atoms with Crippen LogP contribution in [0.5, 0.6) is 5.75 Å². The molecule has 0 unspecified atom stereocenters. The first-order chi connectivity index (χ1) is 9.90. The largest absolute Gasteiger partial charge is 0.489 e. The van der Waals surface area contributed by atoms with E-state index in [1.807, 2.05) is 48.3 Å². The second-order valence-electron chi connectivity index (χ2n) is 4.80. The molecule has 3 rings (SSSR count). The van der Waals surface area contributed by atoms with Gasteiger partial charge in [-0.05, 0) is 35.4 Å². The van der Waals surface area contributed by atoms with E-state index in [-0.39, 0.29) is 0 Å². The molecule has 20 heavy (non-hydrogen) atoms. The van der Waals surface area contributed by atoms with E-state index >= 15 is 0 Å². The van der Waals surface area contributed by atoms with Gasteiger partial charge in [0.25, 0.3) is 0 Å². The lowest BCUT2D eigenvalue weighted by molar-refractivity contribution is 0.240. The van der Waals surface area contributed by atoms with Crippen LogP contribution in [0, 0.1) is 0 Å². The zero-order valence-corrected chi connectivity index (χ0v) is 12.1. The van der Waals surface area contributed by atoms with Crippen LogP contribution < -0.4 is 4.74 Å². The highest BCUT2D eigenvalue weighted by molar-refractivity contribution is 8.00. The number of thioether (sulfide) groups is 1. The molecular formula is C17H17NOS. The number of benzene rings is 2. The minimum Gasteiger partial charge on any atom is -0.489 e. The van der Waals surface area contributed by atoms with Gasteiger partial charge in [-0.15, -0.1) is 0 Å². The molecule has 0 aliphatic carbocycles. The van der Waals surface area contributed by atoms with E-state index in [1.165, 1.54) is 5.56 Å². The Morgan fingerprint density at radius 3 is 2.45 bits per heavy atom. The molecule has 2 aromatic rings. The molecule has 3 heteroatoms. The zero-order chi connectivity index (χ0) is 13.6. The van der Waals surface area contributed by atoms with Crippen molar-refractivity contribution in [1.29, 1.82) is 0 Å². The van der Waals surface area contributed by atoms with Crippen LogP contribution in [0.3, 0.4) is 0 Å². The summed E-state index contributed by atoms with van der Waals surface area (Å²) in [5.74, 6) is 3.18.